The van der Waals surface area contributed by atoms with Crippen LogP contribution < -0.4 is 11.0 Å². The highest BCUT2D eigenvalue weighted by Gasteiger charge is 2.43. The highest BCUT2D eigenvalue weighted by Crippen LogP contribution is 2.28. The lowest BCUT2D eigenvalue weighted by Gasteiger charge is -2.18. The molecule has 138 valence electrons. The highest BCUT2D eigenvalue weighted by atomic mass is 16.6. The fourth-order valence-electron chi connectivity index (χ4n) is 2.75. The maximum atomic E-state index is 12.3. The van der Waals surface area contributed by atoms with E-state index in [9.17, 15) is 19.8 Å². The molecule has 3 rings (SSSR count). The fraction of sp³-hybridized carbons (Fsp3) is 0.353. The van der Waals surface area contributed by atoms with Gasteiger partial charge in [-0.1, -0.05) is 18.2 Å². The summed E-state index contributed by atoms with van der Waals surface area (Å²) in [5.41, 5.74) is 0.113. The lowest BCUT2D eigenvalue weighted by molar-refractivity contribution is -0.0550. The minimum atomic E-state index is -1.39. The third-order valence-corrected chi connectivity index (χ3v) is 4.19. The zero-order valence-corrected chi connectivity index (χ0v) is 13.9. The quantitative estimate of drug-likeness (QED) is 0.572. The molecule has 4 atom stereocenters. The number of nitrogens with zero attached hydrogens (tertiary/aromatic N) is 2. The number of aliphatic hydroxyl groups excluding tert-OH is 3. The number of ether oxygens (including phenoxy) is 1. The number of nitrogens with one attached hydrogen (secondary N) is 1. The molecule has 1 fully saturated rings. The van der Waals surface area contributed by atoms with E-state index >= 15 is 0 Å². The summed E-state index contributed by atoms with van der Waals surface area (Å²) < 4.78 is 6.36. The second kappa shape index (κ2) is 7.34. The van der Waals surface area contributed by atoms with Crippen LogP contribution in [-0.2, 0) is 4.74 Å². The number of aliphatic hydroxyl groups is 3. The predicted octanol–water partition coefficient (Wildman–Crippen LogP) is -0.584. The summed E-state index contributed by atoms with van der Waals surface area (Å²) in [7, 11) is 0. The molecular weight excluding hydrogens is 342 g/mol. The van der Waals surface area contributed by atoms with Gasteiger partial charge in [-0.05, 0) is 19.1 Å². The van der Waals surface area contributed by atoms with E-state index in [2.05, 4.69) is 10.3 Å². The SMILES string of the molecule is Cc1cn([C@@H]2O[C@H](CO)[C@H](O)C2O)c(=O)nc1NC(=O)c1ccccc1. The van der Waals surface area contributed by atoms with Crippen molar-refractivity contribution in [3.63, 3.8) is 0 Å². The zero-order chi connectivity index (χ0) is 18.8. The third kappa shape index (κ3) is 3.37. The number of rotatable bonds is 4. The molecule has 9 heteroatoms. The van der Waals surface area contributed by atoms with E-state index < -0.39 is 42.7 Å². The third-order valence-electron chi connectivity index (χ3n) is 4.19. The van der Waals surface area contributed by atoms with Gasteiger partial charge in [0.1, 0.15) is 24.1 Å². The van der Waals surface area contributed by atoms with Crippen LogP contribution in [0.2, 0.25) is 0 Å². The monoisotopic (exact) mass is 361 g/mol. The van der Waals surface area contributed by atoms with Crippen LogP contribution in [0.15, 0.2) is 41.3 Å². The molecule has 1 unspecified atom stereocenters. The number of carbonyl (C=O) groups excluding carboxylic acids is 1. The molecule has 0 radical (unpaired) electrons. The van der Waals surface area contributed by atoms with E-state index in [1.165, 1.54) is 6.20 Å². The van der Waals surface area contributed by atoms with Crippen molar-refractivity contribution in [2.45, 2.75) is 31.5 Å². The van der Waals surface area contributed by atoms with Gasteiger partial charge in [-0.2, -0.15) is 4.98 Å². The minimum Gasteiger partial charge on any atom is -0.394 e. The van der Waals surface area contributed by atoms with Crippen LogP contribution in [0.1, 0.15) is 22.1 Å². The van der Waals surface area contributed by atoms with Gasteiger partial charge < -0.3 is 25.4 Å². The Kier molecular flexibility index (Phi) is 5.14. The zero-order valence-electron chi connectivity index (χ0n) is 13.9. The first-order valence-electron chi connectivity index (χ1n) is 8.01. The second-order valence-electron chi connectivity index (χ2n) is 6.01. The maximum Gasteiger partial charge on any atom is 0.351 e. The Bertz CT molecular complexity index is 853. The smallest absolute Gasteiger partial charge is 0.351 e. The lowest BCUT2D eigenvalue weighted by atomic mass is 10.1. The number of anilines is 1. The van der Waals surface area contributed by atoms with E-state index in [1.54, 1.807) is 37.3 Å². The molecule has 1 saturated heterocycles. The maximum absolute atomic E-state index is 12.3. The van der Waals surface area contributed by atoms with Crippen LogP contribution in [0.3, 0.4) is 0 Å². The van der Waals surface area contributed by atoms with Crippen LogP contribution >= 0.6 is 0 Å². The number of aromatic nitrogens is 2. The Morgan fingerprint density at radius 2 is 1.96 bits per heavy atom. The van der Waals surface area contributed by atoms with E-state index in [0.717, 1.165) is 4.57 Å². The summed E-state index contributed by atoms with van der Waals surface area (Å²) in [6.45, 7) is 1.13. The standard InChI is InChI=1S/C17H19N3O6/c1-9-7-20(16-13(23)12(22)11(8-21)26-16)17(25)19-14(9)18-15(24)10-5-3-2-4-6-10/h2-7,11-13,16,21-23H,8H2,1H3,(H,18,19,24,25)/t11-,12+,13?,16-/m1/s1. The van der Waals surface area contributed by atoms with Gasteiger partial charge in [0.25, 0.3) is 5.91 Å². The number of hydrogen-bond donors (Lipinski definition) is 4. The molecular formula is C17H19N3O6. The molecule has 26 heavy (non-hydrogen) atoms. The Hall–Kier alpha value is -2.59. The van der Waals surface area contributed by atoms with Crippen molar-refractivity contribution in [3.05, 3.63) is 58.1 Å². The fourth-order valence-corrected chi connectivity index (χ4v) is 2.75. The summed E-state index contributed by atoms with van der Waals surface area (Å²) in [4.78, 5) is 28.4. The van der Waals surface area contributed by atoms with E-state index in [4.69, 9.17) is 9.84 Å². The van der Waals surface area contributed by atoms with Crippen molar-refractivity contribution in [3.8, 4) is 0 Å². The summed E-state index contributed by atoms with van der Waals surface area (Å²) in [5.74, 6) is -0.321. The van der Waals surface area contributed by atoms with Gasteiger partial charge in [0.2, 0.25) is 0 Å². The molecule has 0 saturated carbocycles. The average Bonchev–Trinajstić information content (AvgIpc) is 2.93. The summed E-state index contributed by atoms with van der Waals surface area (Å²) in [6.07, 6.45) is -3.53. The first-order chi connectivity index (χ1) is 12.4. The molecule has 0 spiro atoms. The van der Waals surface area contributed by atoms with Crippen molar-refractivity contribution < 1.29 is 24.9 Å². The summed E-state index contributed by atoms with van der Waals surface area (Å²) in [5, 5.41) is 31.6. The van der Waals surface area contributed by atoms with E-state index in [1.807, 2.05) is 0 Å². The topological polar surface area (TPSA) is 134 Å². The van der Waals surface area contributed by atoms with Crippen molar-refractivity contribution in [2.75, 3.05) is 11.9 Å². The van der Waals surface area contributed by atoms with Crippen LogP contribution in [0.25, 0.3) is 0 Å². The number of aryl methyl sites for hydroxylation is 1. The number of benzene rings is 1. The molecule has 1 aromatic heterocycles. The van der Waals surface area contributed by atoms with Gasteiger partial charge in [-0.3, -0.25) is 9.36 Å². The number of hydrogen-bond acceptors (Lipinski definition) is 7. The molecule has 1 aromatic carbocycles. The first-order valence-corrected chi connectivity index (χ1v) is 8.01. The van der Waals surface area contributed by atoms with Gasteiger partial charge in [-0.25, -0.2) is 4.79 Å². The van der Waals surface area contributed by atoms with Crippen LogP contribution in [0.4, 0.5) is 5.82 Å². The van der Waals surface area contributed by atoms with Gasteiger partial charge in [0, 0.05) is 17.3 Å². The molecule has 0 bridgehead atoms. The molecule has 1 aliphatic rings. The Morgan fingerprint density at radius 3 is 2.58 bits per heavy atom. The van der Waals surface area contributed by atoms with Crippen molar-refractivity contribution in [2.24, 2.45) is 0 Å². The number of amides is 1. The molecule has 0 aliphatic carbocycles. The van der Waals surface area contributed by atoms with Crippen LogP contribution in [0.5, 0.6) is 0 Å². The van der Waals surface area contributed by atoms with Crippen LogP contribution in [-0.4, -0.2) is 55.7 Å². The largest absolute Gasteiger partial charge is 0.394 e. The average molecular weight is 361 g/mol. The Morgan fingerprint density at radius 1 is 1.27 bits per heavy atom. The predicted molar refractivity (Wildman–Crippen MR) is 90.6 cm³/mol. The van der Waals surface area contributed by atoms with E-state index in [-0.39, 0.29) is 5.82 Å². The Balaban J connectivity index is 1.85. The molecule has 2 heterocycles. The first kappa shape index (κ1) is 18.2. The molecule has 2 aromatic rings. The Labute approximate surface area is 148 Å². The van der Waals surface area contributed by atoms with Crippen LogP contribution in [0, 0.1) is 6.92 Å². The summed E-state index contributed by atoms with van der Waals surface area (Å²) >= 11 is 0. The molecule has 4 N–H and O–H groups in total. The lowest BCUT2D eigenvalue weighted by Crippen LogP contribution is -2.36. The van der Waals surface area contributed by atoms with Gasteiger partial charge in [0.05, 0.1) is 6.61 Å². The normalized spacial score (nSPS) is 25.2. The number of carbonyl (C=O) groups is 1. The minimum absolute atomic E-state index is 0.0897. The second-order valence-corrected chi connectivity index (χ2v) is 6.01. The van der Waals surface area contributed by atoms with Crippen molar-refractivity contribution >= 4 is 11.7 Å². The highest BCUT2D eigenvalue weighted by molar-refractivity contribution is 6.03. The van der Waals surface area contributed by atoms with E-state index in [0.29, 0.717) is 11.1 Å². The molecule has 1 amide bonds. The van der Waals surface area contributed by atoms with Gasteiger partial charge in [0.15, 0.2) is 6.23 Å². The van der Waals surface area contributed by atoms with Crippen molar-refractivity contribution in [1.82, 2.24) is 9.55 Å². The van der Waals surface area contributed by atoms with Crippen molar-refractivity contribution in [1.29, 1.82) is 0 Å². The molecule has 1 aliphatic heterocycles. The summed E-state index contributed by atoms with van der Waals surface area (Å²) in [6, 6.07) is 8.47. The van der Waals surface area contributed by atoms with Gasteiger partial charge >= 0.3 is 5.69 Å². The molecule has 9 nitrogen and oxygen atoms in total. The van der Waals surface area contributed by atoms with Gasteiger partial charge in [-0.15, -0.1) is 0 Å².